The van der Waals surface area contributed by atoms with E-state index in [0.29, 0.717) is 18.7 Å². The van der Waals surface area contributed by atoms with Crippen molar-refractivity contribution in [2.24, 2.45) is 0 Å². The van der Waals surface area contributed by atoms with Crippen LogP contribution in [0, 0.1) is 5.82 Å². The van der Waals surface area contributed by atoms with E-state index in [9.17, 15) is 14.3 Å². The molecule has 0 radical (unpaired) electrons. The van der Waals surface area contributed by atoms with Gasteiger partial charge < -0.3 is 14.7 Å². The van der Waals surface area contributed by atoms with Crippen molar-refractivity contribution < 1.29 is 19.0 Å². The zero-order valence-corrected chi connectivity index (χ0v) is 13.1. The summed E-state index contributed by atoms with van der Waals surface area (Å²) in [6.45, 7) is 1.99. The second-order valence-electron chi connectivity index (χ2n) is 5.75. The number of hydrogen-bond acceptors (Lipinski definition) is 4. The largest absolute Gasteiger partial charge is 0.494 e. The van der Waals surface area contributed by atoms with Gasteiger partial charge in [0.25, 0.3) is 0 Å². The number of halogens is 1. The van der Waals surface area contributed by atoms with Gasteiger partial charge in [-0.1, -0.05) is 6.07 Å². The lowest BCUT2D eigenvalue weighted by Crippen LogP contribution is -2.44. The molecule has 6 heteroatoms. The van der Waals surface area contributed by atoms with Crippen LogP contribution in [0.3, 0.4) is 0 Å². The highest BCUT2D eigenvalue weighted by atomic mass is 19.1. The smallest absolute Gasteiger partial charge is 0.236 e. The second kappa shape index (κ2) is 7.56. The summed E-state index contributed by atoms with van der Waals surface area (Å²) < 4.78 is 18.5. The van der Waals surface area contributed by atoms with Crippen molar-refractivity contribution in [3.8, 4) is 5.75 Å². The molecule has 0 saturated carbocycles. The molecule has 1 fully saturated rings. The van der Waals surface area contributed by atoms with Gasteiger partial charge in [0, 0.05) is 20.1 Å². The first-order chi connectivity index (χ1) is 10.5. The third kappa shape index (κ3) is 4.42. The number of likely N-dealkylation sites (tertiary alicyclic amines) is 1. The summed E-state index contributed by atoms with van der Waals surface area (Å²) in [5, 5.41) is 9.63. The van der Waals surface area contributed by atoms with Crippen molar-refractivity contribution in [3.05, 3.63) is 29.6 Å². The molecule has 0 spiro atoms. The van der Waals surface area contributed by atoms with Gasteiger partial charge in [-0.05, 0) is 37.1 Å². The van der Waals surface area contributed by atoms with Gasteiger partial charge >= 0.3 is 0 Å². The van der Waals surface area contributed by atoms with Gasteiger partial charge in [-0.15, -0.1) is 0 Å². The molecule has 1 amide bonds. The fourth-order valence-corrected chi connectivity index (χ4v) is 2.66. The predicted molar refractivity (Wildman–Crippen MR) is 81.1 cm³/mol. The molecule has 0 unspecified atom stereocenters. The highest BCUT2D eigenvalue weighted by Crippen LogP contribution is 2.18. The number of β-amino-alcohol motifs (C(OH)–C–C–N with tert-alkyl or cyclic N) is 1. The van der Waals surface area contributed by atoms with E-state index in [0.717, 1.165) is 19.4 Å². The maximum atomic E-state index is 13.7. The van der Waals surface area contributed by atoms with Crippen molar-refractivity contribution in [1.82, 2.24) is 9.80 Å². The molecule has 1 saturated heterocycles. The normalized spacial score (nSPS) is 19.0. The van der Waals surface area contributed by atoms with Gasteiger partial charge in [-0.3, -0.25) is 9.69 Å². The third-order valence-corrected chi connectivity index (χ3v) is 3.90. The highest BCUT2D eigenvalue weighted by Gasteiger charge is 2.21. The zero-order chi connectivity index (χ0) is 16.1. The van der Waals surface area contributed by atoms with Gasteiger partial charge in [0.1, 0.15) is 0 Å². The summed E-state index contributed by atoms with van der Waals surface area (Å²) in [6, 6.07) is 4.69. The predicted octanol–water partition coefficient (Wildman–Crippen LogP) is 1.25. The van der Waals surface area contributed by atoms with E-state index in [1.54, 1.807) is 24.1 Å². The molecule has 1 aliphatic rings. The number of methoxy groups -OCH3 is 1. The van der Waals surface area contributed by atoms with Crippen molar-refractivity contribution in [2.75, 3.05) is 33.8 Å². The number of hydrogen-bond donors (Lipinski definition) is 1. The van der Waals surface area contributed by atoms with Gasteiger partial charge in [0.05, 0.1) is 19.8 Å². The first-order valence-electron chi connectivity index (χ1n) is 7.46. The Hall–Kier alpha value is -1.66. The number of piperidine rings is 1. The van der Waals surface area contributed by atoms with E-state index >= 15 is 0 Å². The number of benzene rings is 1. The van der Waals surface area contributed by atoms with Crippen LogP contribution in [0.15, 0.2) is 18.2 Å². The minimum atomic E-state index is -0.431. The quantitative estimate of drug-likeness (QED) is 0.889. The van der Waals surface area contributed by atoms with E-state index in [4.69, 9.17) is 4.74 Å². The molecule has 2 rings (SSSR count). The summed E-state index contributed by atoms with van der Waals surface area (Å²) in [5.74, 6) is -0.273. The standard InChI is InChI=1S/C16H23FN2O3/c1-18(9-12-5-6-15(22-2)14(17)8-12)16(21)11-19-7-3-4-13(20)10-19/h5-6,8,13,20H,3-4,7,9-11H2,1-2H3/t13-/m0/s1. The fraction of sp³-hybridized carbons (Fsp3) is 0.562. The molecule has 0 aromatic heterocycles. The molecule has 22 heavy (non-hydrogen) atoms. The zero-order valence-electron chi connectivity index (χ0n) is 13.1. The van der Waals surface area contributed by atoms with E-state index in [2.05, 4.69) is 0 Å². The van der Waals surface area contributed by atoms with E-state index < -0.39 is 5.82 Å². The first kappa shape index (κ1) is 16.7. The molecule has 1 atom stereocenters. The number of rotatable bonds is 5. The van der Waals surface area contributed by atoms with Gasteiger partial charge in [0.15, 0.2) is 11.6 Å². The van der Waals surface area contributed by atoms with Gasteiger partial charge in [-0.2, -0.15) is 0 Å². The molecule has 0 bridgehead atoms. The molecule has 0 aliphatic carbocycles. The molecule has 122 valence electrons. The van der Waals surface area contributed by atoms with Gasteiger partial charge in [0.2, 0.25) is 5.91 Å². The lowest BCUT2D eigenvalue weighted by molar-refractivity contribution is -0.132. The van der Waals surface area contributed by atoms with Crippen LogP contribution in [0.25, 0.3) is 0 Å². The Balaban J connectivity index is 1.89. The number of carbonyl (C=O) groups is 1. The molecule has 1 N–H and O–H groups in total. The average Bonchev–Trinajstić information content (AvgIpc) is 2.47. The van der Waals surface area contributed by atoms with Crippen LogP contribution >= 0.6 is 0 Å². The second-order valence-corrected chi connectivity index (χ2v) is 5.75. The topological polar surface area (TPSA) is 53.0 Å². The van der Waals surface area contributed by atoms with Crippen LogP contribution in [0.2, 0.25) is 0 Å². The Morgan fingerprint density at radius 2 is 2.32 bits per heavy atom. The number of nitrogens with zero attached hydrogens (tertiary/aromatic N) is 2. The van der Waals surface area contributed by atoms with Crippen molar-refractivity contribution in [1.29, 1.82) is 0 Å². The van der Waals surface area contributed by atoms with Crippen LogP contribution in [0.1, 0.15) is 18.4 Å². The van der Waals surface area contributed by atoms with Gasteiger partial charge in [-0.25, -0.2) is 4.39 Å². The van der Waals surface area contributed by atoms with Crippen LogP contribution in [-0.2, 0) is 11.3 Å². The number of aliphatic hydroxyl groups excluding tert-OH is 1. The molecule has 1 aromatic rings. The summed E-state index contributed by atoms with van der Waals surface area (Å²) in [4.78, 5) is 15.7. The number of likely N-dealkylation sites (N-methyl/N-ethyl adjacent to an activating group) is 1. The van der Waals surface area contributed by atoms with E-state index in [-0.39, 0.29) is 24.3 Å². The summed E-state index contributed by atoms with van der Waals surface area (Å²) in [7, 11) is 3.12. The van der Waals surface area contributed by atoms with Crippen LogP contribution < -0.4 is 4.74 Å². The van der Waals surface area contributed by atoms with Crippen molar-refractivity contribution in [2.45, 2.75) is 25.5 Å². The summed E-state index contributed by atoms with van der Waals surface area (Å²) in [6.07, 6.45) is 1.36. The van der Waals surface area contributed by atoms with E-state index in [1.165, 1.54) is 13.2 Å². The molecule has 1 aliphatic heterocycles. The molecular formula is C16H23FN2O3. The van der Waals surface area contributed by atoms with Crippen molar-refractivity contribution in [3.63, 3.8) is 0 Å². The first-order valence-corrected chi connectivity index (χ1v) is 7.46. The molecule has 5 nitrogen and oxygen atoms in total. The fourth-order valence-electron chi connectivity index (χ4n) is 2.66. The number of ether oxygens (including phenoxy) is 1. The molecule has 1 heterocycles. The molecule has 1 aromatic carbocycles. The Bertz CT molecular complexity index is 524. The Morgan fingerprint density at radius 1 is 1.55 bits per heavy atom. The van der Waals surface area contributed by atoms with Crippen LogP contribution in [-0.4, -0.2) is 60.7 Å². The summed E-state index contributed by atoms with van der Waals surface area (Å²) in [5.41, 5.74) is 0.716. The lowest BCUT2D eigenvalue weighted by Gasteiger charge is -2.30. The van der Waals surface area contributed by atoms with Crippen LogP contribution in [0.4, 0.5) is 4.39 Å². The lowest BCUT2D eigenvalue weighted by atomic mass is 10.1. The van der Waals surface area contributed by atoms with E-state index in [1.807, 2.05) is 4.90 Å². The number of aliphatic hydroxyl groups is 1. The number of amides is 1. The minimum absolute atomic E-state index is 0.0367. The maximum absolute atomic E-state index is 13.7. The Kier molecular flexibility index (Phi) is 5.74. The number of carbonyl (C=O) groups excluding carboxylic acids is 1. The monoisotopic (exact) mass is 310 g/mol. The third-order valence-electron chi connectivity index (χ3n) is 3.90. The summed E-state index contributed by atoms with van der Waals surface area (Å²) >= 11 is 0. The Labute approximate surface area is 130 Å². The Morgan fingerprint density at radius 3 is 2.95 bits per heavy atom. The van der Waals surface area contributed by atoms with Crippen molar-refractivity contribution >= 4 is 5.91 Å². The SMILES string of the molecule is COc1ccc(CN(C)C(=O)CN2CCC[C@H](O)C2)cc1F. The minimum Gasteiger partial charge on any atom is -0.494 e. The maximum Gasteiger partial charge on any atom is 0.236 e. The van der Waals surface area contributed by atoms with Crippen LogP contribution in [0.5, 0.6) is 5.75 Å². The molecular weight excluding hydrogens is 287 g/mol. The average molecular weight is 310 g/mol. The highest BCUT2D eigenvalue weighted by molar-refractivity contribution is 5.78.